The fraction of sp³-hybridized carbons (Fsp3) is 0.917. The summed E-state index contributed by atoms with van der Waals surface area (Å²) in [6.45, 7) is 11.7. The maximum Gasteiger partial charge on any atom is 0.0768 e. The highest BCUT2D eigenvalue weighted by Gasteiger charge is 2.12. The lowest BCUT2D eigenvalue weighted by atomic mass is 10.1. The summed E-state index contributed by atoms with van der Waals surface area (Å²) in [6, 6.07) is 0. The molecule has 0 aliphatic heterocycles. The van der Waals surface area contributed by atoms with E-state index in [0.717, 1.165) is 46.1 Å². The highest BCUT2D eigenvalue weighted by Crippen LogP contribution is 2.01. The smallest absolute Gasteiger partial charge is 0.0768 e. The summed E-state index contributed by atoms with van der Waals surface area (Å²) in [5.74, 6) is 0.230. The van der Waals surface area contributed by atoms with Crippen molar-refractivity contribution in [1.82, 2.24) is 4.90 Å². The summed E-state index contributed by atoms with van der Waals surface area (Å²) in [4.78, 5) is 2.86. The van der Waals surface area contributed by atoms with Crippen molar-refractivity contribution < 1.29 is 9.47 Å². The van der Waals surface area contributed by atoms with Gasteiger partial charge in [-0.25, -0.2) is 0 Å². The fourth-order valence-electron chi connectivity index (χ4n) is 1.45. The second-order valence-electron chi connectivity index (χ2n) is 4.00. The van der Waals surface area contributed by atoms with Gasteiger partial charge in [0.15, 0.2) is 0 Å². The molecule has 0 aromatic heterocycles. The van der Waals surface area contributed by atoms with Crippen LogP contribution in [-0.4, -0.2) is 56.0 Å². The van der Waals surface area contributed by atoms with E-state index < -0.39 is 0 Å². The first kappa shape index (κ1) is 16.8. The highest BCUT2D eigenvalue weighted by atomic mass is 32.1. The Morgan fingerprint density at radius 2 is 1.65 bits per heavy atom. The van der Waals surface area contributed by atoms with E-state index in [9.17, 15) is 0 Å². The van der Waals surface area contributed by atoms with Crippen LogP contribution in [0.3, 0.4) is 0 Å². The highest BCUT2D eigenvalue weighted by molar-refractivity contribution is 7.80. The molecule has 0 saturated heterocycles. The second kappa shape index (κ2) is 10.9. The molecule has 1 unspecified atom stereocenters. The molecule has 2 N–H and O–H groups in total. The van der Waals surface area contributed by atoms with Crippen LogP contribution in [0.5, 0.6) is 0 Å². The van der Waals surface area contributed by atoms with Crippen molar-refractivity contribution in [2.75, 3.05) is 46.1 Å². The Kier molecular flexibility index (Phi) is 10.7. The minimum atomic E-state index is 0.230. The monoisotopic (exact) mass is 262 g/mol. The van der Waals surface area contributed by atoms with E-state index in [-0.39, 0.29) is 5.92 Å². The maximum atomic E-state index is 5.64. The zero-order valence-corrected chi connectivity index (χ0v) is 12.1. The lowest BCUT2D eigenvalue weighted by molar-refractivity contribution is 0.0803. The summed E-state index contributed by atoms with van der Waals surface area (Å²) in [7, 11) is 0. The lowest BCUT2D eigenvalue weighted by Gasteiger charge is -2.25. The van der Waals surface area contributed by atoms with E-state index in [0.29, 0.717) is 4.99 Å². The van der Waals surface area contributed by atoms with Gasteiger partial charge in [-0.3, -0.25) is 4.90 Å². The quantitative estimate of drug-likeness (QED) is 0.449. The summed E-state index contributed by atoms with van der Waals surface area (Å²) in [5.41, 5.74) is 5.64. The van der Waals surface area contributed by atoms with Gasteiger partial charge in [-0.15, -0.1) is 0 Å². The first-order valence-corrected chi connectivity index (χ1v) is 6.69. The lowest BCUT2D eigenvalue weighted by Crippen LogP contribution is -2.38. The summed E-state index contributed by atoms with van der Waals surface area (Å²) in [5, 5.41) is 0. The van der Waals surface area contributed by atoms with Crippen LogP contribution in [0.2, 0.25) is 0 Å². The van der Waals surface area contributed by atoms with Gasteiger partial charge in [0.1, 0.15) is 0 Å². The van der Waals surface area contributed by atoms with E-state index in [4.69, 9.17) is 27.4 Å². The molecule has 0 aromatic rings. The molecular formula is C12H26N2O2S. The van der Waals surface area contributed by atoms with E-state index >= 15 is 0 Å². The molecule has 17 heavy (non-hydrogen) atoms. The number of nitrogens with zero attached hydrogens (tertiary/aromatic N) is 1. The molecule has 0 rings (SSSR count). The first-order valence-electron chi connectivity index (χ1n) is 6.28. The van der Waals surface area contributed by atoms with Crippen LogP contribution in [0.1, 0.15) is 20.8 Å². The number of rotatable bonds is 11. The summed E-state index contributed by atoms with van der Waals surface area (Å²) >= 11 is 5.00. The Morgan fingerprint density at radius 3 is 2.00 bits per heavy atom. The van der Waals surface area contributed by atoms with E-state index in [1.807, 2.05) is 13.8 Å². The van der Waals surface area contributed by atoms with Crippen molar-refractivity contribution in [2.24, 2.45) is 11.7 Å². The molecule has 102 valence electrons. The molecule has 0 aliphatic carbocycles. The van der Waals surface area contributed by atoms with Crippen molar-refractivity contribution in [3.8, 4) is 0 Å². The summed E-state index contributed by atoms with van der Waals surface area (Å²) in [6.07, 6.45) is 0. The topological polar surface area (TPSA) is 47.7 Å². The normalized spacial score (nSPS) is 12.9. The molecular weight excluding hydrogens is 236 g/mol. The molecule has 0 spiro atoms. The minimum Gasteiger partial charge on any atom is -0.393 e. The average molecular weight is 262 g/mol. The van der Waals surface area contributed by atoms with Crippen molar-refractivity contribution in [3.63, 3.8) is 0 Å². The molecule has 0 aromatic carbocycles. The van der Waals surface area contributed by atoms with Crippen LogP contribution in [0.25, 0.3) is 0 Å². The van der Waals surface area contributed by atoms with E-state index in [2.05, 4.69) is 11.8 Å². The van der Waals surface area contributed by atoms with Gasteiger partial charge < -0.3 is 15.2 Å². The molecule has 0 fully saturated rings. The largest absolute Gasteiger partial charge is 0.393 e. The third-order valence-electron chi connectivity index (χ3n) is 2.53. The maximum absolute atomic E-state index is 5.64. The Balaban J connectivity index is 3.95. The predicted octanol–water partition coefficient (Wildman–Crippen LogP) is 1.28. The molecule has 0 bridgehead atoms. The van der Waals surface area contributed by atoms with Crippen LogP contribution in [0, 0.1) is 5.92 Å². The zero-order chi connectivity index (χ0) is 13.1. The Hall–Kier alpha value is -0.230. The minimum absolute atomic E-state index is 0.230. The van der Waals surface area contributed by atoms with Gasteiger partial charge in [-0.1, -0.05) is 19.1 Å². The molecule has 0 amide bonds. The average Bonchev–Trinajstić information content (AvgIpc) is 2.29. The van der Waals surface area contributed by atoms with Crippen LogP contribution in [-0.2, 0) is 9.47 Å². The molecule has 0 saturated carbocycles. The first-order chi connectivity index (χ1) is 8.11. The van der Waals surface area contributed by atoms with Crippen LogP contribution in [0.4, 0.5) is 0 Å². The van der Waals surface area contributed by atoms with Gasteiger partial charge in [0.2, 0.25) is 0 Å². The van der Waals surface area contributed by atoms with Gasteiger partial charge >= 0.3 is 0 Å². The molecule has 0 heterocycles. The van der Waals surface area contributed by atoms with E-state index in [1.165, 1.54) is 0 Å². The van der Waals surface area contributed by atoms with Gasteiger partial charge in [0, 0.05) is 38.8 Å². The third kappa shape index (κ3) is 9.47. The Bertz CT molecular complexity index is 193. The van der Waals surface area contributed by atoms with Gasteiger partial charge in [0.05, 0.1) is 18.2 Å². The number of thiocarbonyl (C=S) groups is 1. The molecule has 5 heteroatoms. The number of hydrogen-bond donors (Lipinski definition) is 1. The van der Waals surface area contributed by atoms with Crippen LogP contribution >= 0.6 is 12.2 Å². The van der Waals surface area contributed by atoms with Crippen LogP contribution in [0.15, 0.2) is 0 Å². The van der Waals surface area contributed by atoms with Crippen LogP contribution < -0.4 is 5.73 Å². The second-order valence-corrected chi connectivity index (χ2v) is 4.47. The van der Waals surface area contributed by atoms with Crippen molar-refractivity contribution in [1.29, 1.82) is 0 Å². The van der Waals surface area contributed by atoms with Crippen molar-refractivity contribution in [2.45, 2.75) is 20.8 Å². The molecule has 0 radical (unpaired) electrons. The number of nitrogens with two attached hydrogens (primary N) is 1. The zero-order valence-electron chi connectivity index (χ0n) is 11.3. The standard InChI is InChI=1S/C12H26N2O2S/c1-4-15-8-6-14(7-9-16-5-2)10-11(3)12(13)17/h11H,4-10H2,1-3H3,(H2,13,17). The van der Waals surface area contributed by atoms with Crippen molar-refractivity contribution >= 4 is 17.2 Å². The number of hydrogen-bond acceptors (Lipinski definition) is 4. The Labute approximate surface area is 110 Å². The van der Waals surface area contributed by atoms with Gasteiger partial charge in [-0.2, -0.15) is 0 Å². The summed E-state index contributed by atoms with van der Waals surface area (Å²) < 4.78 is 10.7. The third-order valence-corrected chi connectivity index (χ3v) is 2.93. The van der Waals surface area contributed by atoms with Gasteiger partial charge in [-0.05, 0) is 13.8 Å². The number of ether oxygens (including phenoxy) is 2. The fourth-order valence-corrected chi connectivity index (χ4v) is 1.52. The Morgan fingerprint density at radius 1 is 1.18 bits per heavy atom. The molecule has 0 aliphatic rings. The molecule has 1 atom stereocenters. The SMILES string of the molecule is CCOCCN(CCOCC)CC(C)C(N)=S. The van der Waals surface area contributed by atoms with E-state index in [1.54, 1.807) is 0 Å². The van der Waals surface area contributed by atoms with Crippen molar-refractivity contribution in [3.05, 3.63) is 0 Å². The predicted molar refractivity (Wildman–Crippen MR) is 75.4 cm³/mol. The molecule has 4 nitrogen and oxygen atoms in total. The van der Waals surface area contributed by atoms with Gasteiger partial charge in [0.25, 0.3) is 0 Å².